The molecule has 0 atom stereocenters. The number of imide groups is 1. The summed E-state index contributed by atoms with van der Waals surface area (Å²) in [7, 11) is -3.49. The number of carbonyl (C=O) groups excluding carboxylic acids is 3. The van der Waals surface area contributed by atoms with Crippen molar-refractivity contribution < 1.29 is 22.8 Å². The molecular weight excluding hydrogens is 727 g/mol. The Balaban J connectivity index is 0.862. The number of nitrogens with one attached hydrogen (secondary N) is 2. The number of amides is 4. The lowest BCUT2D eigenvalue weighted by Crippen LogP contribution is -2.56. The van der Waals surface area contributed by atoms with Gasteiger partial charge in [-0.2, -0.15) is 14.3 Å². The summed E-state index contributed by atoms with van der Waals surface area (Å²) < 4.78 is 28.3. The maximum atomic E-state index is 13.1. The molecule has 1 aromatic carbocycles. The van der Waals surface area contributed by atoms with Gasteiger partial charge in [-0.15, -0.1) is 0 Å². The monoisotopic (exact) mass is 765 g/mol. The van der Waals surface area contributed by atoms with Gasteiger partial charge in [0.25, 0.3) is 15.9 Å². The van der Waals surface area contributed by atoms with Crippen LogP contribution in [0.5, 0.6) is 0 Å². The molecular formula is C36H39N13O5S. The van der Waals surface area contributed by atoms with Crippen molar-refractivity contribution in [2.75, 3.05) is 42.9 Å². The highest BCUT2D eigenvalue weighted by molar-refractivity contribution is 7.90. The maximum absolute atomic E-state index is 13.1. The van der Waals surface area contributed by atoms with E-state index in [1.807, 2.05) is 35.1 Å². The average molecular weight is 766 g/mol. The predicted octanol–water partition coefficient (Wildman–Crippen LogP) is 2.88. The fourth-order valence-corrected chi connectivity index (χ4v) is 8.78. The minimum absolute atomic E-state index is 0.0938. The summed E-state index contributed by atoms with van der Waals surface area (Å²) in [5, 5.41) is 18.0. The molecule has 5 aromatic rings. The Labute approximate surface area is 316 Å². The van der Waals surface area contributed by atoms with Crippen molar-refractivity contribution in [2.24, 2.45) is 0 Å². The number of hydrazine groups is 1. The van der Waals surface area contributed by atoms with E-state index in [2.05, 4.69) is 49.3 Å². The van der Waals surface area contributed by atoms with E-state index < -0.39 is 16.1 Å². The smallest absolute Gasteiger partial charge is 0.342 e. The minimum atomic E-state index is -3.49. The zero-order chi connectivity index (χ0) is 38.0. The quantitative estimate of drug-likeness (QED) is 0.211. The second-order valence-corrected chi connectivity index (χ2v) is 16.6. The van der Waals surface area contributed by atoms with Crippen molar-refractivity contribution in [3.05, 3.63) is 71.8 Å². The van der Waals surface area contributed by atoms with Crippen molar-refractivity contribution >= 4 is 56.2 Å². The van der Waals surface area contributed by atoms with Gasteiger partial charge in [-0.1, -0.05) is 12.1 Å². The third-order valence-corrected chi connectivity index (χ3v) is 12.4. The summed E-state index contributed by atoms with van der Waals surface area (Å²) in [4.78, 5) is 55.4. The molecule has 3 fully saturated rings. The lowest BCUT2D eigenvalue weighted by molar-refractivity contribution is -0.123. The van der Waals surface area contributed by atoms with Gasteiger partial charge in [0.2, 0.25) is 5.91 Å². The molecule has 7 heterocycles. The zero-order valence-corrected chi connectivity index (χ0v) is 31.1. The standard InChI is InChI=1S/C36H39N13O5S/c1-22(2)49-29-16-31(40-30-7-9-37-33(41-30)25-17-39-48(21-25)55(53,54)26-4-5-26)38-18-28(29)34(43-49)45-13-11-44(12-14-45)19-23-3-6-27-24(15-23)20-47(35(27)51)46-10-8-32(50)42-36(46)52/h3,6-7,9,15-18,21-22,26H,4-5,8,10-14,19-20H2,1-2H3,(H,42,50,52)(H,37,38,40,41). The van der Waals surface area contributed by atoms with Gasteiger partial charge < -0.3 is 10.2 Å². The molecule has 4 aromatic heterocycles. The second-order valence-electron chi connectivity index (χ2n) is 14.5. The fraction of sp³-hybridized carbons (Fsp3) is 0.389. The number of rotatable bonds is 10. The predicted molar refractivity (Wildman–Crippen MR) is 200 cm³/mol. The van der Waals surface area contributed by atoms with E-state index in [1.54, 1.807) is 12.3 Å². The SMILES string of the molecule is CC(C)n1nc(N2CCN(Cc3ccc4c(c3)CN(N3CCC(=O)NC3=O)C4=O)CC2)c2cnc(Nc3ccnc(-c4cnn(S(=O)(=O)C5CC5)c4)n3)cc21. The summed E-state index contributed by atoms with van der Waals surface area (Å²) in [5.74, 6) is 1.73. The average Bonchev–Trinajstić information content (AvgIpc) is 3.66. The molecule has 0 bridgehead atoms. The largest absolute Gasteiger partial charge is 0.352 e. The molecule has 1 saturated carbocycles. The molecule has 284 valence electrons. The first kappa shape index (κ1) is 34.8. The van der Waals surface area contributed by atoms with Gasteiger partial charge in [-0.3, -0.25) is 24.5 Å². The third-order valence-electron chi connectivity index (χ3n) is 10.4. The number of aromatic nitrogens is 7. The van der Waals surface area contributed by atoms with E-state index in [0.29, 0.717) is 41.4 Å². The Kier molecular flexibility index (Phi) is 8.49. The summed E-state index contributed by atoms with van der Waals surface area (Å²) in [6.45, 7) is 8.54. The molecule has 19 heteroatoms. The van der Waals surface area contributed by atoms with Crippen molar-refractivity contribution in [3.8, 4) is 11.4 Å². The molecule has 1 aliphatic carbocycles. The van der Waals surface area contributed by atoms with Crippen LogP contribution in [0.3, 0.4) is 0 Å². The van der Waals surface area contributed by atoms with Gasteiger partial charge in [-0.05, 0) is 49.9 Å². The molecule has 2 saturated heterocycles. The van der Waals surface area contributed by atoms with Gasteiger partial charge in [0.05, 0.1) is 47.2 Å². The van der Waals surface area contributed by atoms with Gasteiger partial charge in [0, 0.05) is 69.2 Å². The number of anilines is 3. The molecule has 18 nitrogen and oxygen atoms in total. The molecule has 4 aliphatic rings. The van der Waals surface area contributed by atoms with Crippen LogP contribution in [0.15, 0.2) is 55.1 Å². The zero-order valence-electron chi connectivity index (χ0n) is 30.3. The van der Waals surface area contributed by atoms with Crippen LogP contribution < -0.4 is 15.5 Å². The topological polar surface area (TPSA) is 197 Å². The normalized spacial score (nSPS) is 18.1. The van der Waals surface area contributed by atoms with Gasteiger partial charge >= 0.3 is 6.03 Å². The Bertz CT molecular complexity index is 2470. The van der Waals surface area contributed by atoms with E-state index in [0.717, 1.165) is 64.7 Å². The lowest BCUT2D eigenvalue weighted by Gasteiger charge is -2.35. The number of hydrogen-bond acceptors (Lipinski definition) is 13. The van der Waals surface area contributed by atoms with Gasteiger partial charge in [0.1, 0.15) is 11.6 Å². The molecule has 55 heavy (non-hydrogen) atoms. The number of nitrogens with zero attached hydrogens (tertiary/aromatic N) is 11. The fourth-order valence-electron chi connectivity index (χ4n) is 7.30. The van der Waals surface area contributed by atoms with E-state index in [1.165, 1.54) is 22.4 Å². The van der Waals surface area contributed by atoms with Gasteiger partial charge in [0.15, 0.2) is 11.6 Å². The number of benzene rings is 1. The van der Waals surface area contributed by atoms with Crippen LogP contribution in [0.4, 0.5) is 22.2 Å². The second kappa shape index (κ2) is 13.4. The van der Waals surface area contributed by atoms with E-state index in [4.69, 9.17) is 10.1 Å². The highest BCUT2D eigenvalue weighted by Crippen LogP contribution is 2.33. The number of pyridine rings is 1. The van der Waals surface area contributed by atoms with Crippen molar-refractivity contribution in [1.82, 2.24) is 54.2 Å². The highest BCUT2D eigenvalue weighted by Gasteiger charge is 2.38. The van der Waals surface area contributed by atoms with Crippen LogP contribution in [0.1, 0.15) is 60.6 Å². The molecule has 3 aliphatic heterocycles. The number of urea groups is 1. The Morgan fingerprint density at radius 3 is 2.53 bits per heavy atom. The third kappa shape index (κ3) is 6.52. The van der Waals surface area contributed by atoms with E-state index >= 15 is 0 Å². The Hall–Kier alpha value is -5.95. The number of fused-ring (bicyclic) bond motifs is 2. The van der Waals surface area contributed by atoms with Crippen LogP contribution in [-0.4, -0.2) is 113 Å². The first-order valence-electron chi connectivity index (χ1n) is 18.3. The molecule has 4 amide bonds. The van der Waals surface area contributed by atoms with Crippen LogP contribution in [0.25, 0.3) is 22.3 Å². The molecule has 2 N–H and O–H groups in total. The van der Waals surface area contributed by atoms with Crippen molar-refractivity contribution in [2.45, 2.75) is 57.5 Å². The minimum Gasteiger partial charge on any atom is -0.352 e. The summed E-state index contributed by atoms with van der Waals surface area (Å²) in [5.41, 5.74) is 3.96. The Morgan fingerprint density at radius 2 is 1.76 bits per heavy atom. The van der Waals surface area contributed by atoms with Crippen molar-refractivity contribution in [3.63, 3.8) is 0 Å². The van der Waals surface area contributed by atoms with Crippen molar-refractivity contribution in [1.29, 1.82) is 0 Å². The van der Waals surface area contributed by atoms with E-state index in [9.17, 15) is 22.8 Å². The number of hydrogen-bond donors (Lipinski definition) is 2. The van der Waals surface area contributed by atoms with Crippen LogP contribution in [0.2, 0.25) is 0 Å². The number of piperazine rings is 1. The molecule has 0 radical (unpaired) electrons. The first-order valence-corrected chi connectivity index (χ1v) is 19.8. The van der Waals surface area contributed by atoms with Gasteiger partial charge in [-0.25, -0.2) is 38.2 Å². The summed E-state index contributed by atoms with van der Waals surface area (Å²) in [6.07, 6.45) is 7.81. The Morgan fingerprint density at radius 1 is 0.945 bits per heavy atom. The highest BCUT2D eigenvalue weighted by atomic mass is 32.2. The lowest BCUT2D eigenvalue weighted by atomic mass is 10.1. The maximum Gasteiger partial charge on any atom is 0.342 e. The molecule has 9 rings (SSSR count). The summed E-state index contributed by atoms with van der Waals surface area (Å²) in [6, 6.07) is 9.05. The molecule has 0 spiro atoms. The van der Waals surface area contributed by atoms with Crippen LogP contribution in [-0.2, 0) is 27.9 Å². The van der Waals surface area contributed by atoms with Crippen LogP contribution >= 0.6 is 0 Å². The van der Waals surface area contributed by atoms with E-state index in [-0.39, 0.29) is 42.6 Å². The van der Waals surface area contributed by atoms with Crippen LogP contribution in [0, 0.1) is 0 Å². The molecule has 0 unspecified atom stereocenters. The first-order chi connectivity index (χ1) is 26.5. The summed E-state index contributed by atoms with van der Waals surface area (Å²) >= 11 is 0. The number of carbonyl (C=O) groups is 3.